The summed E-state index contributed by atoms with van der Waals surface area (Å²) in [6, 6.07) is 10.6. The molecule has 0 fully saturated rings. The summed E-state index contributed by atoms with van der Waals surface area (Å²) in [5, 5.41) is 10.9. The van der Waals surface area contributed by atoms with E-state index in [4.69, 9.17) is 14.2 Å². The average molecular weight is 424 g/mol. The van der Waals surface area contributed by atoms with Gasteiger partial charge in [-0.25, -0.2) is 4.79 Å². The minimum Gasteiger partial charge on any atom is -0.493 e. The number of nitro benzene ring substituents is 1. The maximum Gasteiger partial charge on any atom is 0.340 e. The molecule has 0 aliphatic carbocycles. The molecule has 9 nitrogen and oxygen atoms in total. The number of benzene rings is 2. The monoisotopic (exact) mass is 424 g/mol. The van der Waals surface area contributed by atoms with E-state index in [-0.39, 0.29) is 16.8 Å². The molecule has 0 aromatic heterocycles. The van der Waals surface area contributed by atoms with Crippen LogP contribution in [0.1, 0.15) is 12.5 Å². The fourth-order valence-electron chi connectivity index (χ4n) is 3.31. The van der Waals surface area contributed by atoms with Gasteiger partial charge in [0.15, 0.2) is 11.5 Å². The van der Waals surface area contributed by atoms with Crippen molar-refractivity contribution >= 4 is 29.3 Å². The maximum atomic E-state index is 13.3. The standard InChI is InChI=1S/C22H20N2O7/c1-13-20(22(26)31-4)17(11-14-5-7-15(8-6-14)24(27)28)21(25)23(13)16-9-10-18(29-2)19(12-16)30-3/h5-12H,1-4H3. The normalized spacial score (nSPS) is 14.8. The first-order valence-corrected chi connectivity index (χ1v) is 9.14. The Morgan fingerprint density at radius 3 is 2.23 bits per heavy atom. The van der Waals surface area contributed by atoms with Crippen LogP contribution in [-0.2, 0) is 14.3 Å². The van der Waals surface area contributed by atoms with Gasteiger partial charge in [-0.15, -0.1) is 0 Å². The molecule has 1 aliphatic rings. The number of ether oxygens (including phenoxy) is 3. The second-order valence-electron chi connectivity index (χ2n) is 6.54. The van der Waals surface area contributed by atoms with Crippen molar-refractivity contribution in [2.24, 2.45) is 0 Å². The number of allylic oxidation sites excluding steroid dienone is 1. The Hall–Kier alpha value is -4.14. The molecular formula is C22H20N2O7. The third-order valence-corrected chi connectivity index (χ3v) is 4.83. The zero-order chi connectivity index (χ0) is 22.7. The predicted octanol–water partition coefficient (Wildman–Crippen LogP) is 3.49. The van der Waals surface area contributed by atoms with Gasteiger partial charge in [0.1, 0.15) is 0 Å². The van der Waals surface area contributed by atoms with Crippen molar-refractivity contribution in [2.75, 3.05) is 26.2 Å². The Balaban J connectivity index is 2.10. The maximum absolute atomic E-state index is 13.3. The van der Waals surface area contributed by atoms with Crippen LogP contribution in [0.4, 0.5) is 11.4 Å². The van der Waals surface area contributed by atoms with Gasteiger partial charge in [0.25, 0.3) is 11.6 Å². The lowest BCUT2D eigenvalue weighted by Gasteiger charge is -2.19. The van der Waals surface area contributed by atoms with Crippen molar-refractivity contribution in [3.05, 3.63) is 75.0 Å². The zero-order valence-corrected chi connectivity index (χ0v) is 17.4. The number of methoxy groups -OCH3 is 3. The van der Waals surface area contributed by atoms with Crippen LogP contribution >= 0.6 is 0 Å². The zero-order valence-electron chi connectivity index (χ0n) is 17.4. The predicted molar refractivity (Wildman–Crippen MR) is 113 cm³/mol. The molecule has 31 heavy (non-hydrogen) atoms. The lowest BCUT2D eigenvalue weighted by Crippen LogP contribution is -2.24. The van der Waals surface area contributed by atoms with Gasteiger partial charge in [0.2, 0.25) is 0 Å². The van der Waals surface area contributed by atoms with Gasteiger partial charge in [-0.2, -0.15) is 0 Å². The molecule has 0 bridgehead atoms. The summed E-state index contributed by atoms with van der Waals surface area (Å²) in [7, 11) is 4.22. The summed E-state index contributed by atoms with van der Waals surface area (Å²) in [4.78, 5) is 37.5. The molecule has 0 atom stereocenters. The van der Waals surface area contributed by atoms with Gasteiger partial charge in [0, 0.05) is 23.9 Å². The highest BCUT2D eigenvalue weighted by Crippen LogP contribution is 2.39. The highest BCUT2D eigenvalue weighted by molar-refractivity contribution is 6.23. The average Bonchev–Trinajstić information content (AvgIpc) is 3.02. The van der Waals surface area contributed by atoms with Crippen molar-refractivity contribution in [3.8, 4) is 11.5 Å². The molecule has 1 aliphatic heterocycles. The molecule has 0 spiro atoms. The fourth-order valence-corrected chi connectivity index (χ4v) is 3.31. The number of nitrogens with zero attached hydrogens (tertiary/aromatic N) is 2. The molecule has 2 aromatic rings. The number of carbonyl (C=O) groups excluding carboxylic acids is 2. The van der Waals surface area contributed by atoms with Gasteiger partial charge >= 0.3 is 5.97 Å². The molecule has 160 valence electrons. The lowest BCUT2D eigenvalue weighted by atomic mass is 10.0. The molecular weight excluding hydrogens is 404 g/mol. The van der Waals surface area contributed by atoms with E-state index in [1.165, 1.54) is 56.6 Å². The Morgan fingerprint density at radius 1 is 1.03 bits per heavy atom. The van der Waals surface area contributed by atoms with Gasteiger partial charge in [-0.3, -0.25) is 19.8 Å². The number of hydrogen-bond donors (Lipinski definition) is 0. The molecule has 0 N–H and O–H groups in total. The Bertz CT molecular complexity index is 1120. The van der Waals surface area contributed by atoms with E-state index in [9.17, 15) is 19.7 Å². The number of non-ortho nitro benzene ring substituents is 1. The SMILES string of the molecule is COC(=O)C1=C(C)N(c2ccc(OC)c(OC)c2)C(=O)C1=Cc1ccc([N+](=O)[O-])cc1. The number of nitro groups is 1. The van der Waals surface area contributed by atoms with Crippen LogP contribution in [0.25, 0.3) is 6.08 Å². The van der Waals surface area contributed by atoms with Crippen LogP contribution in [0.3, 0.4) is 0 Å². The first-order valence-electron chi connectivity index (χ1n) is 9.14. The summed E-state index contributed by atoms with van der Waals surface area (Å²) in [6.07, 6.45) is 1.50. The number of anilines is 1. The highest BCUT2D eigenvalue weighted by atomic mass is 16.6. The summed E-state index contributed by atoms with van der Waals surface area (Å²) >= 11 is 0. The number of amides is 1. The van der Waals surface area contributed by atoms with Crippen LogP contribution < -0.4 is 14.4 Å². The van der Waals surface area contributed by atoms with Crippen LogP contribution in [0.5, 0.6) is 11.5 Å². The first kappa shape index (κ1) is 21.6. The Morgan fingerprint density at radius 2 is 1.68 bits per heavy atom. The summed E-state index contributed by atoms with van der Waals surface area (Å²) in [5.41, 5.74) is 1.54. The van der Waals surface area contributed by atoms with E-state index in [1.54, 1.807) is 25.1 Å². The topological polar surface area (TPSA) is 108 Å². The lowest BCUT2D eigenvalue weighted by molar-refractivity contribution is -0.384. The van der Waals surface area contributed by atoms with Gasteiger partial charge in [-0.1, -0.05) is 0 Å². The van der Waals surface area contributed by atoms with Crippen molar-refractivity contribution in [1.82, 2.24) is 0 Å². The van der Waals surface area contributed by atoms with E-state index in [2.05, 4.69) is 0 Å². The molecule has 3 rings (SSSR count). The van der Waals surface area contributed by atoms with Crippen molar-refractivity contribution in [3.63, 3.8) is 0 Å². The smallest absolute Gasteiger partial charge is 0.340 e. The third kappa shape index (κ3) is 3.97. The van der Waals surface area contributed by atoms with Crippen molar-refractivity contribution in [1.29, 1.82) is 0 Å². The van der Waals surface area contributed by atoms with Crippen molar-refractivity contribution < 1.29 is 28.7 Å². The molecule has 2 aromatic carbocycles. The molecule has 0 saturated carbocycles. The molecule has 9 heteroatoms. The van der Waals surface area contributed by atoms with Crippen LogP contribution in [-0.4, -0.2) is 38.1 Å². The van der Waals surface area contributed by atoms with Crippen LogP contribution in [0, 0.1) is 10.1 Å². The third-order valence-electron chi connectivity index (χ3n) is 4.83. The highest BCUT2D eigenvalue weighted by Gasteiger charge is 2.38. The summed E-state index contributed by atoms with van der Waals surface area (Å²) in [6.45, 7) is 1.64. The van der Waals surface area contributed by atoms with E-state index >= 15 is 0 Å². The summed E-state index contributed by atoms with van der Waals surface area (Å²) < 4.78 is 15.4. The Kier molecular flexibility index (Phi) is 6.05. The number of hydrogen-bond acceptors (Lipinski definition) is 7. The molecule has 1 heterocycles. The minimum atomic E-state index is -0.665. The number of esters is 1. The van der Waals surface area contributed by atoms with Gasteiger partial charge < -0.3 is 14.2 Å². The second-order valence-corrected chi connectivity index (χ2v) is 6.54. The van der Waals surface area contributed by atoms with E-state index < -0.39 is 16.8 Å². The Labute approximate surface area is 178 Å². The molecule has 1 amide bonds. The van der Waals surface area contributed by atoms with E-state index in [0.29, 0.717) is 28.4 Å². The van der Waals surface area contributed by atoms with Gasteiger partial charge in [-0.05, 0) is 42.8 Å². The number of rotatable bonds is 6. The minimum absolute atomic E-state index is 0.0771. The molecule has 0 unspecified atom stereocenters. The van der Waals surface area contributed by atoms with Gasteiger partial charge in [0.05, 0.1) is 43.1 Å². The fraction of sp³-hybridized carbons (Fsp3) is 0.182. The second kappa shape index (κ2) is 8.70. The van der Waals surface area contributed by atoms with Crippen molar-refractivity contribution in [2.45, 2.75) is 6.92 Å². The van der Waals surface area contributed by atoms with Crippen LogP contribution in [0.2, 0.25) is 0 Å². The largest absolute Gasteiger partial charge is 0.493 e. The molecule has 0 saturated heterocycles. The molecule has 0 radical (unpaired) electrons. The van der Waals surface area contributed by atoms with E-state index in [0.717, 1.165) is 0 Å². The first-order chi connectivity index (χ1) is 14.8. The van der Waals surface area contributed by atoms with Crippen LogP contribution in [0.15, 0.2) is 59.3 Å². The summed E-state index contributed by atoms with van der Waals surface area (Å²) in [5.74, 6) is -0.187. The number of carbonyl (C=O) groups is 2. The quantitative estimate of drug-likeness (QED) is 0.302. The van der Waals surface area contributed by atoms with E-state index in [1.807, 2.05) is 0 Å².